The van der Waals surface area contributed by atoms with E-state index in [9.17, 15) is 0 Å². The topological polar surface area (TPSA) is 51.8 Å². The van der Waals surface area contributed by atoms with Gasteiger partial charge < -0.3 is 5.73 Å². The van der Waals surface area contributed by atoms with Gasteiger partial charge in [-0.15, -0.1) is 11.3 Å². The number of hydrogen-bond donors (Lipinski definition) is 1. The lowest BCUT2D eigenvalue weighted by Crippen LogP contribution is -2.02. The Bertz CT molecular complexity index is 489. The molecule has 0 unspecified atom stereocenters. The van der Waals surface area contributed by atoms with E-state index in [1.54, 1.807) is 11.3 Å². The van der Waals surface area contributed by atoms with Crippen LogP contribution >= 0.6 is 11.3 Å². The minimum Gasteiger partial charge on any atom is -0.384 e. The molecule has 1 fully saturated rings. The Balaban J connectivity index is 1.88. The number of nitrogens with two attached hydrogens (primary N) is 1. The molecule has 0 atom stereocenters. The Morgan fingerprint density at radius 2 is 2.25 bits per heavy atom. The standard InChI is InChI=1S/C12H13N3S/c13-11-7-10(8-3-4-8)14-12(15-11)6-9-2-1-5-16-9/h1-2,5,7-8H,3-4,6H2,(H2,13,14,15). The SMILES string of the molecule is Nc1cc(C2CC2)nc(Cc2cccs2)n1. The Kier molecular flexibility index (Phi) is 2.36. The van der Waals surface area contributed by atoms with Gasteiger partial charge >= 0.3 is 0 Å². The molecule has 0 aliphatic heterocycles. The van der Waals surface area contributed by atoms with Crippen LogP contribution in [0.25, 0.3) is 0 Å². The normalized spacial score (nSPS) is 15.2. The molecule has 0 aromatic carbocycles. The number of thiophene rings is 1. The first-order chi connectivity index (χ1) is 7.81. The van der Waals surface area contributed by atoms with Crippen LogP contribution in [0.15, 0.2) is 23.6 Å². The second kappa shape index (κ2) is 3.87. The molecule has 4 heteroatoms. The molecule has 2 N–H and O–H groups in total. The summed E-state index contributed by atoms with van der Waals surface area (Å²) in [5, 5.41) is 2.07. The third kappa shape index (κ3) is 2.07. The third-order valence-corrected chi connectivity index (χ3v) is 3.60. The van der Waals surface area contributed by atoms with Gasteiger partial charge in [0.15, 0.2) is 0 Å². The fourth-order valence-corrected chi connectivity index (χ4v) is 2.48. The molecule has 3 nitrogen and oxygen atoms in total. The highest BCUT2D eigenvalue weighted by molar-refractivity contribution is 7.09. The molecule has 1 saturated carbocycles. The second-order valence-corrected chi connectivity index (χ2v) is 5.20. The van der Waals surface area contributed by atoms with Crippen molar-refractivity contribution in [1.82, 2.24) is 9.97 Å². The minimum atomic E-state index is 0.600. The summed E-state index contributed by atoms with van der Waals surface area (Å²) in [5.41, 5.74) is 6.93. The number of nitrogens with zero attached hydrogens (tertiary/aromatic N) is 2. The Labute approximate surface area is 98.4 Å². The van der Waals surface area contributed by atoms with Gasteiger partial charge in [0.1, 0.15) is 11.6 Å². The van der Waals surface area contributed by atoms with Crippen LogP contribution in [-0.2, 0) is 6.42 Å². The van der Waals surface area contributed by atoms with E-state index in [0.29, 0.717) is 11.7 Å². The van der Waals surface area contributed by atoms with Crippen molar-refractivity contribution in [3.63, 3.8) is 0 Å². The molecule has 1 aliphatic rings. The van der Waals surface area contributed by atoms with Crippen molar-refractivity contribution in [3.8, 4) is 0 Å². The second-order valence-electron chi connectivity index (χ2n) is 4.16. The van der Waals surface area contributed by atoms with Gasteiger partial charge in [-0.2, -0.15) is 0 Å². The summed E-state index contributed by atoms with van der Waals surface area (Å²) in [7, 11) is 0. The van der Waals surface area contributed by atoms with Gasteiger partial charge in [-0.1, -0.05) is 6.07 Å². The summed E-state index contributed by atoms with van der Waals surface area (Å²) < 4.78 is 0. The third-order valence-electron chi connectivity index (χ3n) is 2.72. The highest BCUT2D eigenvalue weighted by Crippen LogP contribution is 2.39. The van der Waals surface area contributed by atoms with Crippen molar-refractivity contribution >= 4 is 17.2 Å². The molecular weight excluding hydrogens is 218 g/mol. The predicted molar refractivity (Wildman–Crippen MR) is 65.5 cm³/mol. The van der Waals surface area contributed by atoms with E-state index in [-0.39, 0.29) is 0 Å². The lowest BCUT2D eigenvalue weighted by molar-refractivity contribution is 0.911. The first kappa shape index (κ1) is 9.78. The van der Waals surface area contributed by atoms with Crippen molar-refractivity contribution in [2.75, 3.05) is 5.73 Å². The van der Waals surface area contributed by atoms with Gasteiger partial charge in [-0.3, -0.25) is 0 Å². The molecule has 0 bridgehead atoms. The molecule has 16 heavy (non-hydrogen) atoms. The zero-order valence-corrected chi connectivity index (χ0v) is 9.70. The van der Waals surface area contributed by atoms with Gasteiger partial charge in [0.05, 0.1) is 0 Å². The van der Waals surface area contributed by atoms with Crippen LogP contribution in [-0.4, -0.2) is 9.97 Å². The fourth-order valence-electron chi connectivity index (χ4n) is 1.78. The van der Waals surface area contributed by atoms with E-state index in [2.05, 4.69) is 21.4 Å². The Hall–Kier alpha value is -1.42. The zero-order chi connectivity index (χ0) is 11.0. The number of aromatic nitrogens is 2. The molecular formula is C12H13N3S. The minimum absolute atomic E-state index is 0.600. The van der Waals surface area contributed by atoms with E-state index in [1.807, 2.05) is 12.1 Å². The van der Waals surface area contributed by atoms with Gasteiger partial charge in [0.2, 0.25) is 0 Å². The number of nitrogen functional groups attached to an aromatic ring is 1. The molecule has 82 valence electrons. The van der Waals surface area contributed by atoms with Crippen molar-refractivity contribution in [2.24, 2.45) is 0 Å². The van der Waals surface area contributed by atoms with Crippen LogP contribution < -0.4 is 5.73 Å². The van der Waals surface area contributed by atoms with Crippen molar-refractivity contribution < 1.29 is 0 Å². The Morgan fingerprint density at radius 1 is 1.38 bits per heavy atom. The molecule has 2 aromatic heterocycles. The average molecular weight is 231 g/mol. The van der Waals surface area contributed by atoms with Crippen LogP contribution in [0.1, 0.15) is 35.2 Å². The first-order valence-corrected chi connectivity index (χ1v) is 6.35. The van der Waals surface area contributed by atoms with Crippen LogP contribution in [0.3, 0.4) is 0 Å². The van der Waals surface area contributed by atoms with Crippen molar-refractivity contribution in [3.05, 3.63) is 40.0 Å². The van der Waals surface area contributed by atoms with Crippen LogP contribution in [0, 0.1) is 0 Å². The number of rotatable bonds is 3. The van der Waals surface area contributed by atoms with Crippen LogP contribution in [0.5, 0.6) is 0 Å². The quantitative estimate of drug-likeness (QED) is 0.883. The van der Waals surface area contributed by atoms with Gasteiger partial charge in [-0.25, -0.2) is 9.97 Å². The summed E-state index contributed by atoms with van der Waals surface area (Å²) in [6.45, 7) is 0. The van der Waals surface area contributed by atoms with E-state index >= 15 is 0 Å². The number of hydrogen-bond acceptors (Lipinski definition) is 4. The summed E-state index contributed by atoms with van der Waals surface area (Å²) in [6, 6.07) is 6.07. The van der Waals surface area contributed by atoms with Crippen molar-refractivity contribution in [1.29, 1.82) is 0 Å². The largest absolute Gasteiger partial charge is 0.384 e. The maximum atomic E-state index is 5.81. The molecule has 0 spiro atoms. The summed E-state index contributed by atoms with van der Waals surface area (Å²) >= 11 is 1.73. The number of anilines is 1. The van der Waals surface area contributed by atoms with Gasteiger partial charge in [-0.05, 0) is 24.3 Å². The monoisotopic (exact) mass is 231 g/mol. The first-order valence-electron chi connectivity index (χ1n) is 5.47. The van der Waals surface area contributed by atoms with Crippen LogP contribution in [0.4, 0.5) is 5.82 Å². The highest BCUT2D eigenvalue weighted by atomic mass is 32.1. The molecule has 3 rings (SSSR count). The van der Waals surface area contributed by atoms with Gasteiger partial charge in [0.25, 0.3) is 0 Å². The van der Waals surface area contributed by atoms with E-state index in [0.717, 1.165) is 17.9 Å². The molecule has 0 saturated heterocycles. The molecule has 2 aromatic rings. The molecule has 1 aliphatic carbocycles. The highest BCUT2D eigenvalue weighted by Gasteiger charge is 2.25. The maximum Gasteiger partial charge on any atom is 0.136 e. The predicted octanol–water partition coefficient (Wildman–Crippen LogP) is 2.59. The summed E-state index contributed by atoms with van der Waals surface area (Å²) in [6.07, 6.45) is 3.28. The smallest absolute Gasteiger partial charge is 0.136 e. The summed E-state index contributed by atoms with van der Waals surface area (Å²) in [4.78, 5) is 10.2. The lowest BCUT2D eigenvalue weighted by Gasteiger charge is -2.03. The lowest BCUT2D eigenvalue weighted by atomic mass is 10.2. The van der Waals surface area contributed by atoms with Crippen LogP contribution in [0.2, 0.25) is 0 Å². The van der Waals surface area contributed by atoms with Crippen molar-refractivity contribution in [2.45, 2.75) is 25.2 Å². The molecule has 0 amide bonds. The van der Waals surface area contributed by atoms with E-state index in [1.165, 1.54) is 17.7 Å². The van der Waals surface area contributed by atoms with E-state index in [4.69, 9.17) is 5.73 Å². The summed E-state index contributed by atoms with van der Waals surface area (Å²) in [5.74, 6) is 2.08. The maximum absolute atomic E-state index is 5.81. The average Bonchev–Trinajstić information content (AvgIpc) is 2.98. The Morgan fingerprint density at radius 3 is 2.94 bits per heavy atom. The van der Waals surface area contributed by atoms with Gasteiger partial charge in [0, 0.05) is 29.0 Å². The zero-order valence-electron chi connectivity index (χ0n) is 8.89. The van der Waals surface area contributed by atoms with E-state index < -0.39 is 0 Å². The molecule has 0 radical (unpaired) electrons. The molecule has 2 heterocycles. The fraction of sp³-hybridized carbons (Fsp3) is 0.333.